The second-order valence-corrected chi connectivity index (χ2v) is 16.1. The molecule has 4 aromatic rings. The first-order valence-electron chi connectivity index (χ1n) is 19.6. The lowest BCUT2D eigenvalue weighted by Crippen LogP contribution is -3.17. The molecule has 2 fully saturated rings. The van der Waals surface area contributed by atoms with Crippen LogP contribution in [0.4, 0.5) is 5.69 Å². The van der Waals surface area contributed by atoms with E-state index in [1.54, 1.807) is 16.7 Å². The Kier molecular flexibility index (Phi) is 7.24. The zero-order valence-corrected chi connectivity index (χ0v) is 29.2. The van der Waals surface area contributed by atoms with E-state index < -0.39 is 0 Å². The number of rotatable bonds is 4. The van der Waals surface area contributed by atoms with Crippen LogP contribution in [0.5, 0.6) is 0 Å². The molecule has 0 radical (unpaired) electrons. The van der Waals surface area contributed by atoms with Crippen molar-refractivity contribution in [3.05, 3.63) is 172 Å². The predicted octanol–water partition coefficient (Wildman–Crippen LogP) is 9.96. The lowest BCUT2D eigenvalue weighted by molar-refractivity contribution is -0.913. The average Bonchev–Trinajstić information content (AvgIpc) is 3.57. The number of nitrogens with one attached hydrogen (secondary N) is 1. The number of ether oxygens (including phenoxy) is 1. The van der Waals surface area contributed by atoms with E-state index in [1.165, 1.54) is 62.9 Å². The third-order valence-corrected chi connectivity index (χ3v) is 13.5. The molecule has 5 aliphatic carbocycles. The summed E-state index contributed by atoms with van der Waals surface area (Å²) in [5, 5.41) is 8.23. The molecule has 0 bridgehead atoms. The lowest BCUT2D eigenvalue weighted by atomic mass is 9.69. The maximum absolute atomic E-state index is 6.65. The van der Waals surface area contributed by atoms with Gasteiger partial charge in [-0.1, -0.05) is 121 Å². The molecule has 11 rings (SSSR count). The highest BCUT2D eigenvalue weighted by molar-refractivity contribution is 5.94. The topological polar surface area (TPSA) is 27.8 Å². The Morgan fingerprint density at radius 3 is 2.53 bits per heavy atom. The SMILES string of the molecule is C1=CC2C=C(C3[N-]C(c4ccccc4)[NH+]3c3ccc(C4CCc5c(ccc6c5C5C(C=C6)OC6CCC=CC65)C4)c4ccccc34)C=CC2CC1. The van der Waals surface area contributed by atoms with E-state index in [0.29, 0.717) is 35.7 Å². The fourth-order valence-corrected chi connectivity index (χ4v) is 11.0. The van der Waals surface area contributed by atoms with Crippen LogP contribution in [0.25, 0.3) is 22.2 Å². The minimum absolute atomic E-state index is 0.0863. The smallest absolute Gasteiger partial charge is 0.137 e. The van der Waals surface area contributed by atoms with Crippen LogP contribution in [0, 0.1) is 17.8 Å². The molecule has 10 unspecified atom stereocenters. The molecule has 10 atom stereocenters. The summed E-state index contributed by atoms with van der Waals surface area (Å²) < 4.78 is 6.65. The first-order valence-corrected chi connectivity index (χ1v) is 19.6. The molecular formula is C48H46N2O. The highest BCUT2D eigenvalue weighted by Crippen LogP contribution is 2.51. The lowest BCUT2D eigenvalue weighted by Gasteiger charge is -2.59. The van der Waals surface area contributed by atoms with Crippen LogP contribution in [0.15, 0.2) is 133 Å². The first kappa shape index (κ1) is 30.4. The van der Waals surface area contributed by atoms with Gasteiger partial charge in [-0.3, -0.25) is 0 Å². The zero-order chi connectivity index (χ0) is 33.5. The van der Waals surface area contributed by atoms with Crippen LogP contribution in [0.1, 0.15) is 83.5 Å². The van der Waals surface area contributed by atoms with Gasteiger partial charge in [0.05, 0.1) is 12.2 Å². The van der Waals surface area contributed by atoms with Gasteiger partial charge in [0.15, 0.2) is 0 Å². The predicted molar refractivity (Wildman–Crippen MR) is 207 cm³/mol. The average molecular weight is 667 g/mol. The summed E-state index contributed by atoms with van der Waals surface area (Å²) in [5.41, 5.74) is 11.7. The van der Waals surface area contributed by atoms with Crippen molar-refractivity contribution in [1.82, 2.24) is 0 Å². The first-order chi connectivity index (χ1) is 25.3. The molecule has 7 aliphatic rings. The molecule has 3 heteroatoms. The van der Waals surface area contributed by atoms with Crippen molar-refractivity contribution >= 4 is 22.5 Å². The van der Waals surface area contributed by atoms with Gasteiger partial charge < -0.3 is 15.0 Å². The van der Waals surface area contributed by atoms with Gasteiger partial charge in [0.25, 0.3) is 0 Å². The summed E-state index contributed by atoms with van der Waals surface area (Å²) in [5.74, 6) is 2.59. The highest BCUT2D eigenvalue weighted by Gasteiger charge is 2.47. The van der Waals surface area contributed by atoms with Gasteiger partial charge in [-0.25, -0.2) is 0 Å². The molecule has 0 aromatic heterocycles. The van der Waals surface area contributed by atoms with Crippen molar-refractivity contribution in [2.75, 3.05) is 0 Å². The van der Waals surface area contributed by atoms with Gasteiger partial charge in [-0.2, -0.15) is 0 Å². The number of allylic oxidation sites excluding steroid dienone is 5. The second-order valence-electron chi connectivity index (χ2n) is 16.1. The second kappa shape index (κ2) is 12.2. The molecule has 2 aliphatic heterocycles. The normalized spacial score (nSPS) is 34.2. The van der Waals surface area contributed by atoms with Gasteiger partial charge >= 0.3 is 0 Å². The third-order valence-electron chi connectivity index (χ3n) is 13.5. The van der Waals surface area contributed by atoms with Crippen LogP contribution in [0.3, 0.4) is 0 Å². The number of hydrogen-bond acceptors (Lipinski definition) is 1. The van der Waals surface area contributed by atoms with E-state index in [2.05, 4.69) is 134 Å². The zero-order valence-electron chi connectivity index (χ0n) is 29.2. The van der Waals surface area contributed by atoms with Gasteiger partial charge in [0.1, 0.15) is 5.69 Å². The summed E-state index contributed by atoms with van der Waals surface area (Å²) in [4.78, 5) is 1.45. The van der Waals surface area contributed by atoms with Gasteiger partial charge in [0, 0.05) is 35.5 Å². The summed E-state index contributed by atoms with van der Waals surface area (Å²) in [6.45, 7) is 0. The molecule has 4 aromatic carbocycles. The third kappa shape index (κ3) is 4.89. The van der Waals surface area contributed by atoms with Crippen molar-refractivity contribution in [3.8, 4) is 0 Å². The van der Waals surface area contributed by atoms with Gasteiger partial charge in [-0.05, 0) is 113 Å². The summed E-state index contributed by atoms with van der Waals surface area (Å²) >= 11 is 0. The van der Waals surface area contributed by atoms with Gasteiger partial charge in [-0.15, -0.1) is 0 Å². The van der Waals surface area contributed by atoms with Crippen molar-refractivity contribution in [2.45, 2.75) is 81.3 Å². The number of nitrogens with zero attached hydrogens (tertiary/aromatic N) is 1. The van der Waals surface area contributed by atoms with Crippen LogP contribution < -0.4 is 4.90 Å². The Balaban J connectivity index is 0.952. The quantitative estimate of drug-likeness (QED) is 0.216. The minimum atomic E-state index is 0.0863. The fourth-order valence-electron chi connectivity index (χ4n) is 11.0. The fraction of sp³-hybridized carbons (Fsp3) is 0.333. The van der Waals surface area contributed by atoms with E-state index in [1.807, 2.05) is 0 Å². The van der Waals surface area contributed by atoms with E-state index >= 15 is 0 Å². The van der Waals surface area contributed by atoms with Crippen LogP contribution in [-0.2, 0) is 17.6 Å². The monoisotopic (exact) mass is 666 g/mol. The van der Waals surface area contributed by atoms with E-state index in [-0.39, 0.29) is 18.4 Å². The number of benzene rings is 4. The summed E-state index contributed by atoms with van der Waals surface area (Å²) in [6, 6.07) is 30.0. The largest absolute Gasteiger partial charge is 0.548 e. The van der Waals surface area contributed by atoms with Crippen molar-refractivity contribution in [3.63, 3.8) is 0 Å². The number of hydrogen-bond donors (Lipinski definition) is 1. The maximum atomic E-state index is 6.65. The highest BCUT2D eigenvalue weighted by atomic mass is 16.5. The molecule has 254 valence electrons. The molecule has 3 nitrogen and oxygen atoms in total. The minimum Gasteiger partial charge on any atom is -0.548 e. The summed E-state index contributed by atoms with van der Waals surface area (Å²) in [6.07, 6.45) is 30.7. The van der Waals surface area contributed by atoms with E-state index in [9.17, 15) is 0 Å². The van der Waals surface area contributed by atoms with Gasteiger partial charge in [0.2, 0.25) is 0 Å². The molecule has 2 heterocycles. The number of quaternary nitrogens is 1. The maximum Gasteiger partial charge on any atom is 0.137 e. The van der Waals surface area contributed by atoms with E-state index in [4.69, 9.17) is 10.1 Å². The molecule has 0 amide bonds. The Morgan fingerprint density at radius 1 is 0.725 bits per heavy atom. The molecule has 0 saturated carbocycles. The standard InChI is InChI=1S/C48H45N2O/c1-2-11-32(12-3-1)47-49-48(36-21-18-30-10-4-5-13-33(30)28-36)50(47)42-26-25-37(39-14-6-7-15-40(39)42)34-22-24-38-35(29-34)20-19-31-23-27-44-46(45(31)38)41-16-8-9-17-43(41)51-44/h1-3,5-8,11-16,18-21,23,25-28,30,33-34,41,43-44,46-48H,4,9-10,17,22,24,29H2/q-1/p+1. The molecule has 0 spiro atoms. The van der Waals surface area contributed by atoms with Crippen LogP contribution in [0.2, 0.25) is 0 Å². The van der Waals surface area contributed by atoms with Crippen molar-refractivity contribution in [1.29, 1.82) is 0 Å². The Labute approximate surface area is 302 Å². The van der Waals surface area contributed by atoms with Crippen LogP contribution >= 0.6 is 0 Å². The number of fused-ring (bicyclic) bond motifs is 9. The van der Waals surface area contributed by atoms with E-state index in [0.717, 1.165) is 25.7 Å². The van der Waals surface area contributed by atoms with Crippen molar-refractivity contribution in [2.24, 2.45) is 17.8 Å². The Morgan fingerprint density at radius 2 is 1.59 bits per heavy atom. The summed E-state index contributed by atoms with van der Waals surface area (Å²) in [7, 11) is 0. The van der Waals surface area contributed by atoms with Crippen molar-refractivity contribution < 1.29 is 9.64 Å². The Bertz CT molecular complexity index is 2170. The molecule has 51 heavy (non-hydrogen) atoms. The molecule has 2 saturated heterocycles. The Hall–Kier alpha value is -4.28. The van der Waals surface area contributed by atoms with Crippen LogP contribution in [-0.4, -0.2) is 18.4 Å². The molecular weight excluding hydrogens is 621 g/mol. The molecule has 1 N–H and O–H groups in total.